The van der Waals surface area contributed by atoms with Crippen LogP contribution in [0, 0.1) is 0 Å². The van der Waals surface area contributed by atoms with Crippen LogP contribution in [0.2, 0.25) is 0 Å². The van der Waals surface area contributed by atoms with Crippen molar-refractivity contribution in [3.63, 3.8) is 0 Å². The molecular weight excluding hydrogens is 825 g/mol. The highest BCUT2D eigenvalue weighted by atomic mass is 14.9. The maximum atomic E-state index is 5.32. The van der Waals surface area contributed by atoms with Gasteiger partial charge in [0.25, 0.3) is 0 Å². The van der Waals surface area contributed by atoms with Crippen molar-refractivity contribution in [3.05, 3.63) is 255 Å². The van der Waals surface area contributed by atoms with E-state index >= 15 is 0 Å². The second kappa shape index (κ2) is 17.7. The molecule has 68 heavy (non-hydrogen) atoms. The quantitative estimate of drug-likeness (QED) is 0.145. The minimum atomic E-state index is 0.683. The lowest BCUT2D eigenvalue weighted by Gasteiger charge is -2.13. The first-order valence-electron chi connectivity index (χ1n) is 22.9. The molecule has 0 unspecified atom stereocenters. The normalized spacial score (nSPS) is 11.2. The lowest BCUT2D eigenvalue weighted by atomic mass is 9.96. The fourth-order valence-corrected chi connectivity index (χ4v) is 9.24. The monoisotopic (exact) mass is 866 g/mol. The van der Waals surface area contributed by atoms with Gasteiger partial charge in [-0.3, -0.25) is 0 Å². The van der Waals surface area contributed by atoms with Gasteiger partial charge in [0.2, 0.25) is 0 Å². The molecule has 10 aromatic carbocycles. The van der Waals surface area contributed by atoms with Gasteiger partial charge in [-0.1, -0.05) is 206 Å². The topological polar surface area (TPSA) is 51.6 Å². The number of hydrogen-bond acceptors (Lipinski definition) is 4. The lowest BCUT2D eigenvalue weighted by Crippen LogP contribution is -1.96. The van der Waals surface area contributed by atoms with Gasteiger partial charge in [-0.2, -0.15) is 0 Å². The van der Waals surface area contributed by atoms with Crippen molar-refractivity contribution >= 4 is 21.8 Å². The van der Waals surface area contributed by atoms with Crippen LogP contribution in [0.3, 0.4) is 0 Å². The maximum Gasteiger partial charge on any atom is 0.160 e. The average Bonchev–Trinajstić information content (AvgIpc) is 3.43. The van der Waals surface area contributed by atoms with Crippen molar-refractivity contribution in [1.29, 1.82) is 0 Å². The van der Waals surface area contributed by atoms with Crippen LogP contribution in [0.1, 0.15) is 0 Å². The largest absolute Gasteiger partial charge is 0.228 e. The van der Waals surface area contributed by atoms with Gasteiger partial charge in [0.1, 0.15) is 0 Å². The zero-order chi connectivity index (χ0) is 45.2. The van der Waals surface area contributed by atoms with Crippen LogP contribution in [-0.2, 0) is 0 Å². The number of fused-ring (bicyclic) bond motifs is 2. The Morgan fingerprint density at radius 1 is 0.176 bits per heavy atom. The van der Waals surface area contributed by atoms with Crippen molar-refractivity contribution < 1.29 is 0 Å². The van der Waals surface area contributed by atoms with E-state index in [0.29, 0.717) is 11.6 Å². The summed E-state index contributed by atoms with van der Waals surface area (Å²) in [7, 11) is 0. The summed E-state index contributed by atoms with van der Waals surface area (Å²) in [6.45, 7) is 0. The van der Waals surface area contributed by atoms with Crippen LogP contribution in [0.15, 0.2) is 255 Å². The molecule has 0 aliphatic rings. The molecule has 0 saturated carbocycles. The highest BCUT2D eigenvalue weighted by Crippen LogP contribution is 2.37. The summed E-state index contributed by atoms with van der Waals surface area (Å²) in [4.78, 5) is 20.8. The SMILES string of the molecule is c1ccc(-c2cccc(-c3cccc(-c4nc(-c5cccc(-c6cccc(-c7cccc(-c8nc(-c9cccc(-c%10ccccc%10)c9)c9ccccc9n8)c7)c6)c5)nc5ccccc45)c3)c2)cc1. The zero-order valence-electron chi connectivity index (χ0n) is 37.0. The molecule has 0 amide bonds. The van der Waals surface area contributed by atoms with Gasteiger partial charge >= 0.3 is 0 Å². The molecule has 318 valence electrons. The molecule has 2 heterocycles. The first-order valence-corrected chi connectivity index (χ1v) is 22.9. The number of hydrogen-bond donors (Lipinski definition) is 0. The van der Waals surface area contributed by atoms with Crippen LogP contribution in [-0.4, -0.2) is 19.9 Å². The molecule has 0 bridgehead atoms. The van der Waals surface area contributed by atoms with Gasteiger partial charge in [0.15, 0.2) is 11.6 Å². The fourth-order valence-electron chi connectivity index (χ4n) is 9.24. The van der Waals surface area contributed by atoms with E-state index in [1.165, 1.54) is 16.7 Å². The van der Waals surface area contributed by atoms with Crippen LogP contribution < -0.4 is 0 Å². The molecule has 0 N–H and O–H groups in total. The molecule has 0 saturated heterocycles. The van der Waals surface area contributed by atoms with E-state index in [1.54, 1.807) is 0 Å². The summed E-state index contributed by atoms with van der Waals surface area (Å²) in [5, 5.41) is 2.04. The van der Waals surface area contributed by atoms with Crippen molar-refractivity contribution in [1.82, 2.24) is 19.9 Å². The molecule has 0 aliphatic heterocycles. The third kappa shape index (κ3) is 8.01. The van der Waals surface area contributed by atoms with Gasteiger partial charge < -0.3 is 0 Å². The van der Waals surface area contributed by atoms with Gasteiger partial charge in [-0.15, -0.1) is 0 Å². The minimum Gasteiger partial charge on any atom is -0.228 e. The predicted molar refractivity (Wildman–Crippen MR) is 282 cm³/mol. The molecule has 0 fully saturated rings. The second-order valence-electron chi connectivity index (χ2n) is 17.0. The fraction of sp³-hybridized carbons (Fsp3) is 0. The summed E-state index contributed by atoms with van der Waals surface area (Å²) in [6.07, 6.45) is 0. The Morgan fingerprint density at radius 2 is 0.426 bits per heavy atom. The highest BCUT2D eigenvalue weighted by molar-refractivity contribution is 5.96. The standard InChI is InChI=1S/C64H42N4/c1-3-17-43(18-4-1)45-21-11-23-47(37-45)50-26-14-30-54(40-50)62-58-34-8-10-36-60(58)66-64(68-62)56-32-16-28-52(42-56)49-25-12-24-48(38-49)51-27-15-31-55(41-51)63-65-59-35-9-7-33-57(59)61(67-63)53-29-13-22-46(39-53)44-19-5-2-6-20-44/h1-42H. The Labute approximate surface area is 395 Å². The summed E-state index contributed by atoms with van der Waals surface area (Å²) in [5.41, 5.74) is 19.0. The summed E-state index contributed by atoms with van der Waals surface area (Å²) in [5.74, 6) is 1.37. The Morgan fingerprint density at radius 3 is 0.794 bits per heavy atom. The van der Waals surface area contributed by atoms with Gasteiger partial charge in [0.05, 0.1) is 22.4 Å². The number of rotatable bonds is 9. The van der Waals surface area contributed by atoms with Crippen LogP contribution in [0.5, 0.6) is 0 Å². The van der Waals surface area contributed by atoms with Crippen molar-refractivity contribution in [2.24, 2.45) is 0 Å². The summed E-state index contributed by atoms with van der Waals surface area (Å²) >= 11 is 0. The molecule has 4 heteroatoms. The van der Waals surface area contributed by atoms with E-state index in [2.05, 4.69) is 237 Å². The van der Waals surface area contributed by atoms with Crippen LogP contribution in [0.25, 0.3) is 123 Å². The molecule has 12 rings (SSSR count). The van der Waals surface area contributed by atoms with Crippen LogP contribution in [0.4, 0.5) is 0 Å². The Kier molecular flexibility index (Phi) is 10.5. The first kappa shape index (κ1) is 40.4. The third-order valence-electron chi connectivity index (χ3n) is 12.7. The van der Waals surface area contributed by atoms with E-state index in [1.807, 2.05) is 18.2 Å². The average molecular weight is 867 g/mol. The molecule has 0 spiro atoms. The van der Waals surface area contributed by atoms with E-state index in [-0.39, 0.29) is 0 Å². The molecule has 0 radical (unpaired) electrons. The zero-order valence-corrected chi connectivity index (χ0v) is 37.0. The number of aromatic nitrogens is 4. The molecular formula is C64H42N4. The summed E-state index contributed by atoms with van der Waals surface area (Å²) < 4.78 is 0. The molecule has 2 aromatic heterocycles. The number of benzene rings is 10. The number of para-hydroxylation sites is 2. The first-order chi connectivity index (χ1) is 33.7. The van der Waals surface area contributed by atoms with E-state index in [4.69, 9.17) is 19.9 Å². The van der Waals surface area contributed by atoms with Gasteiger partial charge in [0, 0.05) is 33.0 Å². The maximum absolute atomic E-state index is 5.32. The number of nitrogens with zero attached hydrogens (tertiary/aromatic N) is 4. The minimum absolute atomic E-state index is 0.683. The van der Waals surface area contributed by atoms with E-state index in [9.17, 15) is 0 Å². The van der Waals surface area contributed by atoms with Crippen molar-refractivity contribution in [2.45, 2.75) is 0 Å². The third-order valence-corrected chi connectivity index (χ3v) is 12.7. The lowest BCUT2D eigenvalue weighted by molar-refractivity contribution is 1.23. The molecule has 0 aliphatic carbocycles. The highest BCUT2D eigenvalue weighted by Gasteiger charge is 2.16. The van der Waals surface area contributed by atoms with Crippen LogP contribution >= 0.6 is 0 Å². The Bertz CT molecular complexity index is 3810. The Balaban J connectivity index is 0.873. The second-order valence-corrected chi connectivity index (χ2v) is 17.0. The molecule has 4 nitrogen and oxygen atoms in total. The van der Waals surface area contributed by atoms with Crippen molar-refractivity contribution in [3.8, 4) is 101 Å². The Hall–Kier alpha value is -9.12. The molecule has 0 atom stereocenters. The van der Waals surface area contributed by atoms with Gasteiger partial charge in [-0.05, 0) is 104 Å². The van der Waals surface area contributed by atoms with Gasteiger partial charge in [-0.25, -0.2) is 19.9 Å². The van der Waals surface area contributed by atoms with E-state index < -0.39 is 0 Å². The summed E-state index contributed by atoms with van der Waals surface area (Å²) in [6, 6.07) is 89.4. The smallest absolute Gasteiger partial charge is 0.160 e. The van der Waals surface area contributed by atoms with E-state index in [0.717, 1.165) is 94.4 Å². The van der Waals surface area contributed by atoms with Crippen molar-refractivity contribution in [2.75, 3.05) is 0 Å². The predicted octanol–water partition coefficient (Wildman–Crippen LogP) is 16.6. The molecule has 12 aromatic rings.